The van der Waals surface area contributed by atoms with E-state index in [1.807, 2.05) is 12.2 Å². The molecule has 3 nitrogen and oxygen atoms in total. The van der Waals surface area contributed by atoms with E-state index in [-0.39, 0.29) is 17.1 Å². The van der Waals surface area contributed by atoms with Crippen molar-refractivity contribution in [2.75, 3.05) is 18.9 Å². The molecule has 1 saturated heterocycles. The third kappa shape index (κ3) is 5.07. The second-order valence-electron chi connectivity index (χ2n) is 3.61. The van der Waals surface area contributed by atoms with Gasteiger partial charge >= 0.3 is 6.18 Å². The molecule has 1 fully saturated rings. The number of hydrogen-bond acceptors (Lipinski definition) is 3. The van der Waals surface area contributed by atoms with Gasteiger partial charge in [0.2, 0.25) is 5.91 Å². The van der Waals surface area contributed by atoms with Gasteiger partial charge in [0.05, 0.1) is 11.9 Å². The molecule has 1 aliphatic rings. The first-order valence-corrected chi connectivity index (χ1v) is 6.00. The molecule has 2 atom stereocenters. The van der Waals surface area contributed by atoms with Gasteiger partial charge in [-0.05, 0) is 13.3 Å². The lowest BCUT2D eigenvalue weighted by atomic mass is 10.3. The zero-order valence-corrected chi connectivity index (χ0v) is 9.66. The van der Waals surface area contributed by atoms with Crippen molar-refractivity contribution in [3.63, 3.8) is 0 Å². The molecule has 94 valence electrons. The molecule has 16 heavy (non-hydrogen) atoms. The summed E-state index contributed by atoms with van der Waals surface area (Å²) < 4.78 is 40.6. The zero-order valence-electron chi connectivity index (χ0n) is 8.84. The number of ether oxygens (including phenoxy) is 1. The van der Waals surface area contributed by atoms with E-state index in [9.17, 15) is 18.0 Å². The van der Waals surface area contributed by atoms with Crippen LogP contribution < -0.4 is 5.32 Å². The van der Waals surface area contributed by atoms with Gasteiger partial charge < -0.3 is 10.1 Å². The fourth-order valence-electron chi connectivity index (χ4n) is 1.36. The highest BCUT2D eigenvalue weighted by atomic mass is 32.2. The SMILES string of the molecule is C[C@H]1OCC[C@@H]1SCC(=O)NCC(F)(F)F. The minimum atomic E-state index is -4.34. The van der Waals surface area contributed by atoms with Crippen molar-refractivity contribution in [3.8, 4) is 0 Å². The Morgan fingerprint density at radius 1 is 1.56 bits per heavy atom. The molecule has 0 aromatic heterocycles. The predicted octanol–water partition coefficient (Wildman–Crippen LogP) is 1.58. The van der Waals surface area contributed by atoms with Crippen LogP contribution in [0, 0.1) is 0 Å². The van der Waals surface area contributed by atoms with Crippen molar-refractivity contribution >= 4 is 17.7 Å². The second-order valence-corrected chi connectivity index (χ2v) is 4.83. The Hall–Kier alpha value is -0.430. The van der Waals surface area contributed by atoms with Crippen LogP contribution in [0.5, 0.6) is 0 Å². The third-order valence-electron chi connectivity index (χ3n) is 2.22. The highest BCUT2D eigenvalue weighted by molar-refractivity contribution is 8.00. The van der Waals surface area contributed by atoms with Crippen LogP contribution in [0.4, 0.5) is 13.2 Å². The molecule has 1 amide bonds. The number of hydrogen-bond donors (Lipinski definition) is 1. The van der Waals surface area contributed by atoms with Gasteiger partial charge in [-0.3, -0.25) is 4.79 Å². The normalized spacial score (nSPS) is 25.8. The third-order valence-corrected chi connectivity index (χ3v) is 3.70. The monoisotopic (exact) mass is 257 g/mol. The summed E-state index contributed by atoms with van der Waals surface area (Å²) in [6.45, 7) is 1.30. The summed E-state index contributed by atoms with van der Waals surface area (Å²) in [5.41, 5.74) is 0. The highest BCUT2D eigenvalue weighted by Gasteiger charge is 2.29. The van der Waals surface area contributed by atoms with Gasteiger partial charge in [0.1, 0.15) is 6.54 Å². The van der Waals surface area contributed by atoms with Crippen LogP contribution in [0.2, 0.25) is 0 Å². The molecule has 1 aliphatic heterocycles. The topological polar surface area (TPSA) is 38.3 Å². The lowest BCUT2D eigenvalue weighted by molar-refractivity contribution is -0.136. The summed E-state index contributed by atoms with van der Waals surface area (Å²) in [5, 5.41) is 2.04. The van der Waals surface area contributed by atoms with Crippen molar-refractivity contribution in [3.05, 3.63) is 0 Å². The van der Waals surface area contributed by atoms with Crippen LogP contribution in [0.15, 0.2) is 0 Å². The fourth-order valence-corrected chi connectivity index (χ4v) is 2.44. The molecular formula is C9H14F3NO2S. The first-order chi connectivity index (χ1) is 7.38. The molecule has 0 aliphatic carbocycles. The summed E-state index contributed by atoms with van der Waals surface area (Å²) in [7, 11) is 0. The first-order valence-electron chi connectivity index (χ1n) is 4.95. The standard InChI is InChI=1S/C9H14F3NO2S/c1-6-7(2-3-15-6)16-4-8(14)13-5-9(10,11)12/h6-7H,2-5H2,1H3,(H,13,14)/t6-,7+/m1/s1. The Morgan fingerprint density at radius 2 is 2.25 bits per heavy atom. The lowest BCUT2D eigenvalue weighted by Crippen LogP contribution is -2.35. The van der Waals surface area contributed by atoms with E-state index in [4.69, 9.17) is 4.74 Å². The Kier molecular flexibility index (Phi) is 4.91. The van der Waals surface area contributed by atoms with Crippen LogP contribution in [0.3, 0.4) is 0 Å². The summed E-state index contributed by atoms with van der Waals surface area (Å²) in [6.07, 6.45) is -3.43. The quantitative estimate of drug-likeness (QED) is 0.831. The molecule has 0 bridgehead atoms. The van der Waals surface area contributed by atoms with E-state index in [0.29, 0.717) is 6.61 Å². The second kappa shape index (κ2) is 5.77. The predicted molar refractivity (Wildman–Crippen MR) is 55.3 cm³/mol. The number of thioether (sulfide) groups is 1. The molecule has 0 aromatic rings. The minimum Gasteiger partial charge on any atom is -0.377 e. The average Bonchev–Trinajstić information content (AvgIpc) is 2.57. The van der Waals surface area contributed by atoms with Crippen LogP contribution in [0.1, 0.15) is 13.3 Å². The molecule has 1 N–H and O–H groups in total. The summed E-state index contributed by atoms with van der Waals surface area (Å²) in [6, 6.07) is 0. The van der Waals surface area contributed by atoms with Crippen molar-refractivity contribution in [2.45, 2.75) is 30.9 Å². The van der Waals surface area contributed by atoms with Crippen molar-refractivity contribution in [2.24, 2.45) is 0 Å². The Bertz CT molecular complexity index is 247. The molecule has 0 saturated carbocycles. The Labute approximate surface area is 96.1 Å². The van der Waals surface area contributed by atoms with Gasteiger partial charge in [0, 0.05) is 11.9 Å². The van der Waals surface area contributed by atoms with E-state index in [1.54, 1.807) is 0 Å². The molecule has 7 heteroatoms. The lowest BCUT2D eigenvalue weighted by Gasteiger charge is -2.13. The van der Waals surface area contributed by atoms with Gasteiger partial charge in [-0.2, -0.15) is 13.2 Å². The summed E-state index contributed by atoms with van der Waals surface area (Å²) in [5.74, 6) is -0.532. The van der Waals surface area contributed by atoms with E-state index >= 15 is 0 Å². The van der Waals surface area contributed by atoms with E-state index in [1.165, 1.54) is 11.8 Å². The highest BCUT2D eigenvalue weighted by Crippen LogP contribution is 2.25. The van der Waals surface area contributed by atoms with Crippen LogP contribution in [-0.4, -0.2) is 42.3 Å². The average molecular weight is 257 g/mol. The molecule has 0 unspecified atom stereocenters. The van der Waals surface area contributed by atoms with Crippen LogP contribution >= 0.6 is 11.8 Å². The number of halogens is 3. The smallest absolute Gasteiger partial charge is 0.377 e. The summed E-state index contributed by atoms with van der Waals surface area (Å²) >= 11 is 1.35. The van der Waals surface area contributed by atoms with E-state index < -0.39 is 18.6 Å². The maximum absolute atomic E-state index is 11.8. The molecule has 0 aromatic carbocycles. The number of amides is 1. The largest absolute Gasteiger partial charge is 0.405 e. The van der Waals surface area contributed by atoms with Gasteiger partial charge in [-0.15, -0.1) is 11.8 Å². The maximum Gasteiger partial charge on any atom is 0.405 e. The number of alkyl halides is 3. The van der Waals surface area contributed by atoms with Crippen molar-refractivity contribution in [1.82, 2.24) is 5.32 Å². The van der Waals surface area contributed by atoms with Gasteiger partial charge in [0.25, 0.3) is 0 Å². The number of carbonyl (C=O) groups excluding carboxylic acids is 1. The van der Waals surface area contributed by atoms with Gasteiger partial charge in [-0.25, -0.2) is 0 Å². The molecular weight excluding hydrogens is 243 g/mol. The fraction of sp³-hybridized carbons (Fsp3) is 0.889. The Morgan fingerprint density at radius 3 is 2.75 bits per heavy atom. The molecule has 0 radical (unpaired) electrons. The Balaban J connectivity index is 2.15. The van der Waals surface area contributed by atoms with Crippen molar-refractivity contribution < 1.29 is 22.7 Å². The number of carbonyl (C=O) groups is 1. The van der Waals surface area contributed by atoms with Crippen molar-refractivity contribution in [1.29, 1.82) is 0 Å². The molecule has 0 spiro atoms. The molecule has 1 heterocycles. The zero-order chi connectivity index (χ0) is 12.2. The first kappa shape index (κ1) is 13.6. The minimum absolute atomic E-state index is 0.0500. The number of rotatable bonds is 4. The maximum atomic E-state index is 11.8. The van der Waals surface area contributed by atoms with E-state index in [2.05, 4.69) is 0 Å². The summed E-state index contributed by atoms with van der Waals surface area (Å²) in [4.78, 5) is 11.1. The number of nitrogens with one attached hydrogen (secondary N) is 1. The van der Waals surface area contributed by atoms with E-state index in [0.717, 1.165) is 6.42 Å². The van der Waals surface area contributed by atoms with Gasteiger partial charge in [0.15, 0.2) is 0 Å². The van der Waals surface area contributed by atoms with Crippen LogP contribution in [0.25, 0.3) is 0 Å². The molecule has 1 rings (SSSR count). The van der Waals surface area contributed by atoms with Gasteiger partial charge in [-0.1, -0.05) is 0 Å². The van der Waals surface area contributed by atoms with Crippen LogP contribution in [-0.2, 0) is 9.53 Å².